The predicted molar refractivity (Wildman–Crippen MR) is 68.0 cm³/mol. The van der Waals surface area contributed by atoms with Crippen LogP contribution in [0.25, 0.3) is 10.9 Å². The van der Waals surface area contributed by atoms with E-state index in [1.807, 2.05) is 18.2 Å². The zero-order valence-electron chi connectivity index (χ0n) is 9.83. The van der Waals surface area contributed by atoms with E-state index in [2.05, 4.69) is 10.4 Å². The first-order valence-electron chi connectivity index (χ1n) is 5.61. The van der Waals surface area contributed by atoms with E-state index in [1.165, 1.54) is 17.3 Å². The third-order valence-electron chi connectivity index (χ3n) is 2.68. The number of nitrogens with one attached hydrogen (secondary N) is 2. The lowest BCUT2D eigenvalue weighted by molar-refractivity contribution is 0.0980. The molecule has 2 heterocycles. The molecule has 0 unspecified atom stereocenters. The molecule has 0 bridgehead atoms. The first-order valence-corrected chi connectivity index (χ1v) is 5.61. The molecule has 0 fully saturated rings. The number of benzene rings is 1. The second-order valence-corrected chi connectivity index (χ2v) is 3.90. The smallest absolute Gasteiger partial charge is 0.305 e. The molecule has 6 nitrogen and oxygen atoms in total. The number of carbonyl (C=O) groups excluding carboxylic acids is 1. The fraction of sp³-hybridized carbons (Fsp3) is 0. The summed E-state index contributed by atoms with van der Waals surface area (Å²) >= 11 is 0. The Morgan fingerprint density at radius 3 is 2.89 bits per heavy atom. The van der Waals surface area contributed by atoms with Crippen LogP contribution in [-0.2, 0) is 0 Å². The van der Waals surface area contributed by atoms with Gasteiger partial charge in [0.25, 0.3) is 0 Å². The normalized spacial score (nSPS) is 10.5. The summed E-state index contributed by atoms with van der Waals surface area (Å²) in [4.78, 5) is 16.0. The van der Waals surface area contributed by atoms with Crippen molar-refractivity contribution >= 4 is 16.8 Å². The van der Waals surface area contributed by atoms with Crippen molar-refractivity contribution in [3.63, 3.8) is 0 Å². The average Bonchev–Trinajstić information content (AvgIpc) is 2.96. The van der Waals surface area contributed by atoms with Gasteiger partial charge in [0.1, 0.15) is 6.33 Å². The van der Waals surface area contributed by atoms with Gasteiger partial charge in [0, 0.05) is 5.39 Å². The quantitative estimate of drug-likeness (QED) is 0.726. The van der Waals surface area contributed by atoms with E-state index in [1.54, 1.807) is 18.2 Å². The van der Waals surface area contributed by atoms with E-state index >= 15 is 0 Å². The second kappa shape index (κ2) is 4.41. The Morgan fingerprint density at radius 1 is 1.26 bits per heavy atom. The van der Waals surface area contributed by atoms with Crippen molar-refractivity contribution in [1.29, 1.82) is 5.41 Å². The standard InChI is InChI=1S/C13H10N4O2/c14-12-9-4-1-2-5-10(9)15-8-17(12)16-13(18)11-6-3-7-19-11/h1-8,14H,(H,16,18). The first-order chi connectivity index (χ1) is 9.25. The molecule has 3 rings (SSSR count). The number of furan rings is 1. The lowest BCUT2D eigenvalue weighted by Gasteiger charge is -2.08. The average molecular weight is 254 g/mol. The van der Waals surface area contributed by atoms with Crippen molar-refractivity contribution < 1.29 is 9.21 Å². The van der Waals surface area contributed by atoms with Gasteiger partial charge in [-0.05, 0) is 24.3 Å². The van der Waals surface area contributed by atoms with Gasteiger partial charge in [-0.2, -0.15) is 0 Å². The molecule has 0 saturated carbocycles. The molecule has 1 amide bonds. The molecule has 0 atom stereocenters. The van der Waals surface area contributed by atoms with E-state index in [9.17, 15) is 4.79 Å². The molecule has 0 spiro atoms. The highest BCUT2D eigenvalue weighted by Crippen LogP contribution is 2.04. The predicted octanol–water partition coefficient (Wildman–Crippen LogP) is 1.49. The summed E-state index contributed by atoms with van der Waals surface area (Å²) in [5.41, 5.74) is 3.40. The Balaban J connectivity index is 2.00. The summed E-state index contributed by atoms with van der Waals surface area (Å²) < 4.78 is 6.24. The molecule has 0 radical (unpaired) electrons. The highest BCUT2D eigenvalue weighted by atomic mass is 16.3. The Hall–Kier alpha value is -2.89. The Morgan fingerprint density at radius 2 is 2.11 bits per heavy atom. The van der Waals surface area contributed by atoms with Gasteiger partial charge in [0.05, 0.1) is 11.8 Å². The van der Waals surface area contributed by atoms with Crippen molar-refractivity contribution in [2.24, 2.45) is 0 Å². The van der Waals surface area contributed by atoms with Crippen molar-refractivity contribution in [1.82, 2.24) is 9.66 Å². The summed E-state index contributed by atoms with van der Waals surface area (Å²) in [5.74, 6) is -0.249. The minimum Gasteiger partial charge on any atom is -0.459 e. The van der Waals surface area contributed by atoms with Crippen LogP contribution in [0.2, 0.25) is 0 Å². The SMILES string of the molecule is N=c1c2ccccc2ncn1NC(=O)c1ccco1. The molecular formula is C13H10N4O2. The molecule has 0 saturated heterocycles. The minimum atomic E-state index is -0.430. The topological polar surface area (TPSA) is 83.9 Å². The molecule has 2 aromatic heterocycles. The van der Waals surface area contributed by atoms with Gasteiger partial charge in [-0.1, -0.05) is 12.1 Å². The number of carbonyl (C=O) groups is 1. The van der Waals surface area contributed by atoms with Crippen LogP contribution in [0, 0.1) is 5.41 Å². The third-order valence-corrected chi connectivity index (χ3v) is 2.68. The third kappa shape index (κ3) is 1.99. The van der Waals surface area contributed by atoms with Gasteiger partial charge in [0.2, 0.25) is 0 Å². The number of rotatable bonds is 2. The lowest BCUT2D eigenvalue weighted by atomic mass is 10.2. The van der Waals surface area contributed by atoms with Crippen molar-refractivity contribution in [2.45, 2.75) is 0 Å². The monoisotopic (exact) mass is 254 g/mol. The summed E-state index contributed by atoms with van der Waals surface area (Å²) in [7, 11) is 0. The molecule has 0 aliphatic heterocycles. The van der Waals surface area contributed by atoms with E-state index in [0.717, 1.165) is 0 Å². The van der Waals surface area contributed by atoms with Gasteiger partial charge in [-0.25, -0.2) is 9.66 Å². The molecule has 0 aliphatic carbocycles. The molecule has 0 aliphatic rings. The van der Waals surface area contributed by atoms with Gasteiger partial charge in [0.15, 0.2) is 11.2 Å². The fourth-order valence-electron chi connectivity index (χ4n) is 1.75. The van der Waals surface area contributed by atoms with Crippen molar-refractivity contribution in [3.8, 4) is 0 Å². The van der Waals surface area contributed by atoms with Crippen LogP contribution in [-0.4, -0.2) is 15.6 Å². The number of amides is 1. The van der Waals surface area contributed by atoms with Gasteiger partial charge in [-0.15, -0.1) is 0 Å². The highest BCUT2D eigenvalue weighted by Gasteiger charge is 2.09. The van der Waals surface area contributed by atoms with Crippen LogP contribution in [0.1, 0.15) is 10.6 Å². The molecule has 94 valence electrons. The van der Waals surface area contributed by atoms with E-state index in [4.69, 9.17) is 9.83 Å². The van der Waals surface area contributed by atoms with Crippen molar-refractivity contribution in [2.75, 3.05) is 5.43 Å². The maximum absolute atomic E-state index is 11.8. The first kappa shape index (κ1) is 11.2. The van der Waals surface area contributed by atoms with Gasteiger partial charge in [-0.3, -0.25) is 15.6 Å². The zero-order valence-corrected chi connectivity index (χ0v) is 9.83. The van der Waals surface area contributed by atoms with Crippen molar-refractivity contribution in [3.05, 3.63) is 60.2 Å². The Labute approximate surface area is 107 Å². The number of para-hydroxylation sites is 1. The molecule has 2 N–H and O–H groups in total. The Kier molecular flexibility index (Phi) is 2.60. The number of aromatic nitrogens is 2. The minimum absolute atomic E-state index is 0.158. The second-order valence-electron chi connectivity index (χ2n) is 3.90. The van der Waals surface area contributed by atoms with E-state index < -0.39 is 5.91 Å². The van der Waals surface area contributed by atoms with Crippen LogP contribution in [0.5, 0.6) is 0 Å². The summed E-state index contributed by atoms with van der Waals surface area (Å²) in [5, 5.41) is 8.69. The molecule has 3 aromatic rings. The summed E-state index contributed by atoms with van der Waals surface area (Å²) in [6, 6.07) is 10.4. The van der Waals surface area contributed by atoms with E-state index in [0.29, 0.717) is 10.9 Å². The number of fused-ring (bicyclic) bond motifs is 1. The molecule has 6 heteroatoms. The highest BCUT2D eigenvalue weighted by molar-refractivity contribution is 5.97. The van der Waals surface area contributed by atoms with Crippen LogP contribution in [0.3, 0.4) is 0 Å². The fourth-order valence-corrected chi connectivity index (χ4v) is 1.75. The molecular weight excluding hydrogens is 244 g/mol. The lowest BCUT2D eigenvalue weighted by Crippen LogP contribution is -2.33. The van der Waals surface area contributed by atoms with E-state index in [-0.39, 0.29) is 11.2 Å². The zero-order chi connectivity index (χ0) is 13.2. The molecule has 19 heavy (non-hydrogen) atoms. The summed E-state index contributed by atoms with van der Waals surface area (Å²) in [6.07, 6.45) is 2.81. The largest absolute Gasteiger partial charge is 0.459 e. The number of nitrogens with zero attached hydrogens (tertiary/aromatic N) is 2. The van der Waals surface area contributed by atoms with Crippen LogP contribution >= 0.6 is 0 Å². The number of hydrogen-bond acceptors (Lipinski definition) is 4. The maximum Gasteiger partial charge on any atom is 0.305 e. The molecule has 1 aromatic carbocycles. The Bertz CT molecular complexity index is 790. The van der Waals surface area contributed by atoms with Crippen LogP contribution < -0.4 is 10.9 Å². The van der Waals surface area contributed by atoms with Crippen LogP contribution in [0.15, 0.2) is 53.4 Å². The summed E-state index contributed by atoms with van der Waals surface area (Å²) in [6.45, 7) is 0. The maximum atomic E-state index is 11.8. The van der Waals surface area contributed by atoms with Crippen LogP contribution in [0.4, 0.5) is 0 Å². The van der Waals surface area contributed by atoms with Gasteiger partial charge < -0.3 is 4.42 Å². The number of hydrogen-bond donors (Lipinski definition) is 2. The van der Waals surface area contributed by atoms with Gasteiger partial charge >= 0.3 is 5.91 Å².